The molecule has 1 aliphatic rings. The largest absolute Gasteiger partial charge is 0.492 e. The predicted molar refractivity (Wildman–Crippen MR) is 88.9 cm³/mol. The van der Waals surface area contributed by atoms with Gasteiger partial charge in [0.2, 0.25) is 0 Å². The zero-order valence-electron chi connectivity index (χ0n) is 13.9. The van der Waals surface area contributed by atoms with Crippen LogP contribution in [0.4, 0.5) is 0 Å². The molecule has 3 unspecified atom stereocenters. The van der Waals surface area contributed by atoms with Gasteiger partial charge in [-0.3, -0.25) is 4.90 Å². The highest BCUT2D eigenvalue weighted by Crippen LogP contribution is 2.34. The summed E-state index contributed by atoms with van der Waals surface area (Å²) in [5.41, 5.74) is 1.29. The van der Waals surface area contributed by atoms with Crippen molar-refractivity contribution >= 4 is 0 Å². The number of rotatable bonds is 7. The Morgan fingerprint density at radius 1 is 1.33 bits per heavy atom. The molecule has 3 heteroatoms. The summed E-state index contributed by atoms with van der Waals surface area (Å²) in [6.45, 7) is 8.80. The first kappa shape index (κ1) is 16.3. The van der Waals surface area contributed by atoms with E-state index in [4.69, 9.17) is 4.74 Å². The van der Waals surface area contributed by atoms with Gasteiger partial charge in [0.1, 0.15) is 12.4 Å². The van der Waals surface area contributed by atoms with Gasteiger partial charge in [0.15, 0.2) is 0 Å². The SMILES string of the molecule is CCCCN(C(C)CC)C1COc2ccccc2C1NC. The number of nitrogens with one attached hydrogen (secondary N) is 1. The van der Waals surface area contributed by atoms with E-state index >= 15 is 0 Å². The van der Waals surface area contributed by atoms with E-state index in [0.29, 0.717) is 18.1 Å². The summed E-state index contributed by atoms with van der Waals surface area (Å²) in [7, 11) is 2.06. The molecule has 1 aromatic rings. The Kier molecular flexibility index (Phi) is 6.07. The van der Waals surface area contributed by atoms with Crippen molar-refractivity contribution in [2.75, 3.05) is 20.2 Å². The number of para-hydroxylation sites is 1. The van der Waals surface area contributed by atoms with Crippen molar-refractivity contribution in [2.45, 2.75) is 58.2 Å². The van der Waals surface area contributed by atoms with Crippen molar-refractivity contribution < 1.29 is 4.74 Å². The zero-order chi connectivity index (χ0) is 15.2. The van der Waals surface area contributed by atoms with Gasteiger partial charge in [-0.15, -0.1) is 0 Å². The minimum Gasteiger partial charge on any atom is -0.492 e. The summed E-state index contributed by atoms with van der Waals surface area (Å²) < 4.78 is 6.04. The quantitative estimate of drug-likeness (QED) is 0.830. The van der Waals surface area contributed by atoms with Crippen LogP contribution in [0.1, 0.15) is 51.6 Å². The van der Waals surface area contributed by atoms with Crippen LogP contribution in [-0.4, -0.2) is 37.2 Å². The third kappa shape index (κ3) is 3.58. The Labute approximate surface area is 129 Å². The van der Waals surface area contributed by atoms with Crippen LogP contribution in [0, 0.1) is 0 Å². The second-order valence-electron chi connectivity index (χ2n) is 6.03. The van der Waals surface area contributed by atoms with Gasteiger partial charge in [0.05, 0.1) is 12.1 Å². The maximum Gasteiger partial charge on any atom is 0.124 e. The smallest absolute Gasteiger partial charge is 0.124 e. The Morgan fingerprint density at radius 2 is 2.10 bits per heavy atom. The zero-order valence-corrected chi connectivity index (χ0v) is 13.9. The van der Waals surface area contributed by atoms with E-state index in [9.17, 15) is 0 Å². The summed E-state index contributed by atoms with van der Waals surface area (Å²) >= 11 is 0. The third-order valence-corrected chi connectivity index (χ3v) is 4.71. The first-order valence-electron chi connectivity index (χ1n) is 8.37. The molecule has 0 bridgehead atoms. The number of likely N-dealkylation sites (N-methyl/N-ethyl adjacent to an activating group) is 1. The minimum absolute atomic E-state index is 0.348. The molecule has 1 aromatic carbocycles. The summed E-state index contributed by atoms with van der Waals surface area (Å²) in [5.74, 6) is 1.03. The van der Waals surface area contributed by atoms with E-state index in [1.807, 2.05) is 0 Å². The average Bonchev–Trinajstić information content (AvgIpc) is 2.54. The van der Waals surface area contributed by atoms with E-state index in [1.165, 1.54) is 24.8 Å². The minimum atomic E-state index is 0.348. The molecule has 2 rings (SSSR count). The Bertz CT molecular complexity index is 435. The topological polar surface area (TPSA) is 24.5 Å². The lowest BCUT2D eigenvalue weighted by atomic mass is 9.93. The third-order valence-electron chi connectivity index (χ3n) is 4.71. The number of nitrogens with zero attached hydrogens (tertiary/aromatic N) is 1. The first-order valence-corrected chi connectivity index (χ1v) is 8.37. The van der Waals surface area contributed by atoms with Gasteiger partial charge in [-0.2, -0.15) is 0 Å². The van der Waals surface area contributed by atoms with Crippen molar-refractivity contribution in [3.63, 3.8) is 0 Å². The maximum absolute atomic E-state index is 6.04. The molecule has 0 radical (unpaired) electrons. The molecule has 1 N–H and O–H groups in total. The van der Waals surface area contributed by atoms with E-state index in [-0.39, 0.29) is 0 Å². The number of ether oxygens (including phenoxy) is 1. The fourth-order valence-electron chi connectivity index (χ4n) is 3.27. The summed E-state index contributed by atoms with van der Waals surface area (Å²) in [6, 6.07) is 9.77. The summed E-state index contributed by atoms with van der Waals surface area (Å²) in [6.07, 6.45) is 3.67. The highest BCUT2D eigenvalue weighted by molar-refractivity contribution is 5.38. The lowest BCUT2D eigenvalue weighted by Crippen LogP contribution is -2.53. The van der Waals surface area contributed by atoms with E-state index in [0.717, 1.165) is 18.9 Å². The van der Waals surface area contributed by atoms with Crippen molar-refractivity contribution in [1.29, 1.82) is 0 Å². The van der Waals surface area contributed by atoms with Gasteiger partial charge in [0.25, 0.3) is 0 Å². The Morgan fingerprint density at radius 3 is 2.76 bits per heavy atom. The molecule has 0 saturated heterocycles. The predicted octanol–water partition coefficient (Wildman–Crippen LogP) is 3.61. The number of benzene rings is 1. The summed E-state index contributed by atoms with van der Waals surface area (Å²) in [5, 5.41) is 3.52. The Balaban J connectivity index is 2.24. The molecule has 118 valence electrons. The van der Waals surface area contributed by atoms with Gasteiger partial charge < -0.3 is 10.1 Å². The molecule has 0 spiro atoms. The molecule has 21 heavy (non-hydrogen) atoms. The molecule has 0 amide bonds. The van der Waals surface area contributed by atoms with Crippen molar-refractivity contribution in [1.82, 2.24) is 10.2 Å². The van der Waals surface area contributed by atoms with Crippen LogP contribution in [0.2, 0.25) is 0 Å². The van der Waals surface area contributed by atoms with Crippen molar-refractivity contribution in [3.05, 3.63) is 29.8 Å². The molecular formula is C18H30N2O. The van der Waals surface area contributed by atoms with E-state index in [1.54, 1.807) is 0 Å². The summed E-state index contributed by atoms with van der Waals surface area (Å²) in [4.78, 5) is 2.64. The van der Waals surface area contributed by atoms with E-state index < -0.39 is 0 Å². The molecule has 0 saturated carbocycles. The van der Waals surface area contributed by atoms with Crippen LogP contribution in [0.3, 0.4) is 0 Å². The lowest BCUT2D eigenvalue weighted by Gasteiger charge is -2.43. The second-order valence-corrected chi connectivity index (χ2v) is 6.03. The van der Waals surface area contributed by atoms with Crippen molar-refractivity contribution in [3.8, 4) is 5.75 Å². The van der Waals surface area contributed by atoms with Crippen LogP contribution in [0.5, 0.6) is 5.75 Å². The maximum atomic E-state index is 6.04. The van der Waals surface area contributed by atoms with Crippen LogP contribution >= 0.6 is 0 Å². The number of fused-ring (bicyclic) bond motifs is 1. The average molecular weight is 290 g/mol. The standard InChI is InChI=1S/C18H30N2O/c1-5-7-12-20(14(3)6-2)16-13-21-17-11-9-8-10-15(17)18(16)19-4/h8-11,14,16,18-19H,5-7,12-13H2,1-4H3. The normalized spacial score (nSPS) is 22.7. The highest BCUT2D eigenvalue weighted by Gasteiger charge is 2.35. The first-order chi connectivity index (χ1) is 10.2. The second kappa shape index (κ2) is 7.81. The van der Waals surface area contributed by atoms with E-state index in [2.05, 4.69) is 62.3 Å². The molecule has 0 aliphatic carbocycles. The van der Waals surface area contributed by atoms with Crippen LogP contribution in [0.25, 0.3) is 0 Å². The molecule has 3 nitrogen and oxygen atoms in total. The van der Waals surface area contributed by atoms with Gasteiger partial charge >= 0.3 is 0 Å². The molecule has 0 fully saturated rings. The fraction of sp³-hybridized carbons (Fsp3) is 0.667. The van der Waals surface area contributed by atoms with Crippen molar-refractivity contribution in [2.24, 2.45) is 0 Å². The van der Waals surface area contributed by atoms with Gasteiger partial charge in [-0.1, -0.05) is 38.5 Å². The molecule has 1 heterocycles. The van der Waals surface area contributed by atoms with Crippen LogP contribution in [0.15, 0.2) is 24.3 Å². The Hall–Kier alpha value is -1.06. The van der Waals surface area contributed by atoms with Gasteiger partial charge in [-0.25, -0.2) is 0 Å². The number of hydrogen-bond donors (Lipinski definition) is 1. The number of hydrogen-bond acceptors (Lipinski definition) is 3. The highest BCUT2D eigenvalue weighted by atomic mass is 16.5. The van der Waals surface area contributed by atoms with Gasteiger partial charge in [-0.05, 0) is 39.4 Å². The monoisotopic (exact) mass is 290 g/mol. The lowest BCUT2D eigenvalue weighted by molar-refractivity contribution is 0.0564. The molecule has 3 atom stereocenters. The van der Waals surface area contributed by atoms with Crippen LogP contribution < -0.4 is 10.1 Å². The van der Waals surface area contributed by atoms with Gasteiger partial charge in [0, 0.05) is 11.6 Å². The molecule has 1 aliphatic heterocycles. The fourth-order valence-corrected chi connectivity index (χ4v) is 3.27. The van der Waals surface area contributed by atoms with Crippen LogP contribution in [-0.2, 0) is 0 Å². The molecule has 0 aromatic heterocycles. The molecular weight excluding hydrogens is 260 g/mol. The number of unbranched alkanes of at least 4 members (excludes halogenated alkanes) is 1.